The molecule has 0 spiro atoms. The first-order valence-corrected chi connectivity index (χ1v) is 8.15. The van der Waals surface area contributed by atoms with Crippen LogP contribution >= 0.6 is 0 Å². The van der Waals surface area contributed by atoms with Gasteiger partial charge in [0.05, 0.1) is 12.2 Å². The summed E-state index contributed by atoms with van der Waals surface area (Å²) in [4.78, 5) is 12.2. The van der Waals surface area contributed by atoms with Crippen molar-refractivity contribution in [1.82, 2.24) is 5.32 Å². The van der Waals surface area contributed by atoms with E-state index in [1.165, 1.54) is 0 Å². The average molecular weight is 343 g/mol. The van der Waals surface area contributed by atoms with Crippen LogP contribution in [-0.2, 0) is 0 Å². The molecule has 2 N–H and O–H groups in total. The number of hydrogen-bond donors (Lipinski definition) is 2. The maximum atomic E-state index is 12.2. The summed E-state index contributed by atoms with van der Waals surface area (Å²) >= 11 is 0. The van der Waals surface area contributed by atoms with Gasteiger partial charge in [-0.2, -0.15) is 0 Å². The van der Waals surface area contributed by atoms with E-state index in [1.54, 1.807) is 30.3 Å². The molecule has 0 bridgehead atoms. The van der Waals surface area contributed by atoms with E-state index in [2.05, 4.69) is 5.32 Å². The maximum Gasteiger partial charge on any atom is 0.251 e. The van der Waals surface area contributed by atoms with Crippen molar-refractivity contribution in [2.75, 3.05) is 13.3 Å². The summed E-state index contributed by atoms with van der Waals surface area (Å²) < 4.78 is 16.1. The Morgan fingerprint density at radius 2 is 2.00 bits per heavy atom. The fourth-order valence-corrected chi connectivity index (χ4v) is 2.51. The first-order chi connectivity index (χ1) is 12.0. The number of nitrogens with one attached hydrogen (secondary N) is 1. The molecule has 2 aromatic rings. The van der Waals surface area contributed by atoms with Crippen molar-refractivity contribution in [3.8, 4) is 17.2 Å². The minimum Gasteiger partial charge on any atom is -0.491 e. The third-order valence-corrected chi connectivity index (χ3v) is 3.71. The molecule has 132 valence electrons. The van der Waals surface area contributed by atoms with Gasteiger partial charge in [0.25, 0.3) is 5.91 Å². The van der Waals surface area contributed by atoms with E-state index in [1.807, 2.05) is 26.0 Å². The van der Waals surface area contributed by atoms with E-state index in [0.717, 1.165) is 0 Å². The lowest BCUT2D eigenvalue weighted by atomic mass is 10.1. The van der Waals surface area contributed by atoms with Crippen LogP contribution in [0, 0.1) is 0 Å². The topological polar surface area (TPSA) is 77.0 Å². The highest BCUT2D eigenvalue weighted by atomic mass is 16.7. The van der Waals surface area contributed by atoms with Gasteiger partial charge in [-0.05, 0) is 49.7 Å². The largest absolute Gasteiger partial charge is 0.491 e. The Morgan fingerprint density at radius 3 is 2.80 bits per heavy atom. The Morgan fingerprint density at radius 1 is 1.20 bits per heavy atom. The molecular formula is C19H21NO5. The molecule has 6 nitrogen and oxygen atoms in total. The quantitative estimate of drug-likeness (QED) is 0.843. The summed E-state index contributed by atoms with van der Waals surface area (Å²) in [6, 6.07) is 12.2. The number of hydrogen-bond acceptors (Lipinski definition) is 5. The number of aliphatic hydroxyl groups is 1. The van der Waals surface area contributed by atoms with Gasteiger partial charge in [0.2, 0.25) is 6.79 Å². The van der Waals surface area contributed by atoms with Gasteiger partial charge in [0, 0.05) is 12.1 Å². The summed E-state index contributed by atoms with van der Waals surface area (Å²) in [5.74, 6) is 1.57. The van der Waals surface area contributed by atoms with Crippen LogP contribution in [0.5, 0.6) is 17.2 Å². The van der Waals surface area contributed by atoms with Gasteiger partial charge in [-0.15, -0.1) is 0 Å². The third kappa shape index (κ3) is 4.22. The van der Waals surface area contributed by atoms with E-state index >= 15 is 0 Å². The second kappa shape index (κ2) is 7.44. The second-order valence-corrected chi connectivity index (χ2v) is 6.03. The summed E-state index contributed by atoms with van der Waals surface area (Å²) in [6.07, 6.45) is -0.772. The lowest BCUT2D eigenvalue weighted by molar-refractivity contribution is 0.0916. The molecule has 1 aliphatic heterocycles. The number of benzene rings is 2. The van der Waals surface area contributed by atoms with Crippen LogP contribution in [0.15, 0.2) is 42.5 Å². The normalized spacial score (nSPS) is 13.6. The Kier molecular flexibility index (Phi) is 5.09. The summed E-state index contributed by atoms with van der Waals surface area (Å²) in [5.41, 5.74) is 1.14. The van der Waals surface area contributed by atoms with Crippen LogP contribution in [0.3, 0.4) is 0 Å². The number of rotatable bonds is 6. The van der Waals surface area contributed by atoms with Gasteiger partial charge in [-0.25, -0.2) is 0 Å². The molecular weight excluding hydrogens is 322 g/mol. The highest BCUT2D eigenvalue weighted by molar-refractivity contribution is 5.94. The molecule has 2 aromatic carbocycles. The van der Waals surface area contributed by atoms with Gasteiger partial charge in [0.1, 0.15) is 5.75 Å². The third-order valence-electron chi connectivity index (χ3n) is 3.71. The maximum absolute atomic E-state index is 12.2. The van der Waals surface area contributed by atoms with Crippen molar-refractivity contribution in [2.45, 2.75) is 26.1 Å². The van der Waals surface area contributed by atoms with Crippen LogP contribution in [0.1, 0.15) is 35.9 Å². The van der Waals surface area contributed by atoms with Crippen molar-refractivity contribution < 1.29 is 24.1 Å². The monoisotopic (exact) mass is 343 g/mol. The fourth-order valence-electron chi connectivity index (χ4n) is 2.51. The molecule has 0 aromatic heterocycles. The number of aliphatic hydroxyl groups excluding tert-OH is 1. The van der Waals surface area contributed by atoms with Gasteiger partial charge in [-0.3, -0.25) is 4.79 Å². The zero-order valence-electron chi connectivity index (χ0n) is 14.2. The van der Waals surface area contributed by atoms with Crippen molar-refractivity contribution in [3.05, 3.63) is 53.6 Å². The van der Waals surface area contributed by atoms with E-state index in [4.69, 9.17) is 14.2 Å². The number of fused-ring (bicyclic) bond motifs is 1. The van der Waals surface area contributed by atoms with Crippen molar-refractivity contribution in [3.63, 3.8) is 0 Å². The minimum atomic E-state index is -0.825. The van der Waals surface area contributed by atoms with Gasteiger partial charge in [-0.1, -0.05) is 12.1 Å². The zero-order chi connectivity index (χ0) is 17.8. The number of amides is 1. The van der Waals surface area contributed by atoms with Gasteiger partial charge in [0.15, 0.2) is 11.5 Å². The first-order valence-electron chi connectivity index (χ1n) is 8.15. The van der Waals surface area contributed by atoms with Crippen LogP contribution in [0.4, 0.5) is 0 Å². The van der Waals surface area contributed by atoms with Crippen molar-refractivity contribution >= 4 is 5.91 Å². The molecule has 0 saturated carbocycles. The SMILES string of the molecule is CC(C)Oc1cccc(C(O)CNC(=O)c2ccc3c(c2)OCO3)c1. The van der Waals surface area contributed by atoms with Crippen molar-refractivity contribution in [1.29, 1.82) is 0 Å². The molecule has 1 amide bonds. The molecule has 1 heterocycles. The van der Waals surface area contributed by atoms with Crippen LogP contribution in [0.2, 0.25) is 0 Å². The Hall–Kier alpha value is -2.73. The van der Waals surface area contributed by atoms with Crippen LogP contribution in [0.25, 0.3) is 0 Å². The smallest absolute Gasteiger partial charge is 0.251 e. The molecule has 0 aliphatic carbocycles. The van der Waals surface area contributed by atoms with E-state index in [-0.39, 0.29) is 25.3 Å². The molecule has 1 unspecified atom stereocenters. The van der Waals surface area contributed by atoms with Crippen LogP contribution in [-0.4, -0.2) is 30.5 Å². The lowest BCUT2D eigenvalue weighted by Gasteiger charge is -2.15. The van der Waals surface area contributed by atoms with Crippen LogP contribution < -0.4 is 19.5 Å². The lowest BCUT2D eigenvalue weighted by Crippen LogP contribution is -2.28. The average Bonchev–Trinajstić information content (AvgIpc) is 3.06. The Labute approximate surface area is 146 Å². The zero-order valence-corrected chi connectivity index (χ0v) is 14.2. The highest BCUT2D eigenvalue weighted by Crippen LogP contribution is 2.32. The summed E-state index contributed by atoms with van der Waals surface area (Å²) in [6.45, 7) is 4.13. The molecule has 6 heteroatoms. The minimum absolute atomic E-state index is 0.0538. The van der Waals surface area contributed by atoms with E-state index in [0.29, 0.717) is 28.4 Å². The van der Waals surface area contributed by atoms with Crippen molar-refractivity contribution in [2.24, 2.45) is 0 Å². The molecule has 0 fully saturated rings. The molecule has 3 rings (SSSR count). The number of ether oxygens (including phenoxy) is 3. The molecule has 1 aliphatic rings. The molecule has 1 atom stereocenters. The molecule has 0 saturated heterocycles. The highest BCUT2D eigenvalue weighted by Gasteiger charge is 2.17. The summed E-state index contributed by atoms with van der Waals surface area (Å²) in [7, 11) is 0. The van der Waals surface area contributed by atoms with Gasteiger partial charge >= 0.3 is 0 Å². The number of carbonyl (C=O) groups is 1. The van der Waals surface area contributed by atoms with Gasteiger partial charge < -0.3 is 24.6 Å². The standard InChI is InChI=1S/C19H21NO5/c1-12(2)25-15-5-3-4-13(8-15)16(21)10-20-19(22)14-6-7-17-18(9-14)24-11-23-17/h3-9,12,16,21H,10-11H2,1-2H3,(H,20,22). The summed E-state index contributed by atoms with van der Waals surface area (Å²) in [5, 5.41) is 13.0. The molecule has 25 heavy (non-hydrogen) atoms. The van der Waals surface area contributed by atoms with E-state index < -0.39 is 6.10 Å². The number of carbonyl (C=O) groups excluding carboxylic acids is 1. The Bertz CT molecular complexity index is 759. The fraction of sp³-hybridized carbons (Fsp3) is 0.316. The van der Waals surface area contributed by atoms with E-state index in [9.17, 15) is 9.90 Å². The predicted molar refractivity (Wildman–Crippen MR) is 92.1 cm³/mol. The first kappa shape index (κ1) is 17.1. The Balaban J connectivity index is 1.60. The molecule has 0 radical (unpaired) electrons. The second-order valence-electron chi connectivity index (χ2n) is 6.03. The predicted octanol–water partition coefficient (Wildman–Crippen LogP) is 2.67.